The van der Waals surface area contributed by atoms with E-state index in [1.54, 1.807) is 0 Å². The van der Waals surface area contributed by atoms with Crippen molar-refractivity contribution >= 4 is 27.7 Å². The number of carbonyl (C=O) groups excluding carboxylic acids is 2. The van der Waals surface area contributed by atoms with Crippen LogP contribution in [0.5, 0.6) is 0 Å². The third kappa shape index (κ3) is 0.837. The van der Waals surface area contributed by atoms with Gasteiger partial charge in [0.2, 0.25) is 11.8 Å². The van der Waals surface area contributed by atoms with E-state index in [2.05, 4.69) is 21.2 Å². The maximum absolute atomic E-state index is 12.3. The Labute approximate surface area is 123 Å². The molecule has 0 spiro atoms. The molecule has 6 atom stereocenters. The summed E-state index contributed by atoms with van der Waals surface area (Å²) in [7, 11) is 0. The number of nitrogens with zero attached hydrogens (tertiary/aromatic N) is 2. The minimum atomic E-state index is -1.60. The fourth-order valence-corrected chi connectivity index (χ4v) is 5.35. The molecule has 4 aliphatic carbocycles. The third-order valence-corrected chi connectivity index (χ3v) is 6.12. The Morgan fingerprint density at radius 2 is 1.65 bits per heavy atom. The first kappa shape index (κ1) is 11.9. The highest BCUT2D eigenvalue weighted by molar-refractivity contribution is 9.11. The monoisotopic (exact) mass is 329 g/mol. The summed E-state index contributed by atoms with van der Waals surface area (Å²) in [6.45, 7) is 0. The zero-order valence-corrected chi connectivity index (χ0v) is 11.7. The third-order valence-electron chi connectivity index (χ3n) is 5.33. The predicted octanol–water partition coefficient (Wildman–Crippen LogP) is 1.00. The van der Waals surface area contributed by atoms with Crippen LogP contribution in [0.3, 0.4) is 0 Å². The van der Waals surface area contributed by atoms with Crippen molar-refractivity contribution in [3.05, 3.63) is 22.7 Å². The number of allylic oxidation sites excluding steroid dienone is 4. The molecule has 0 aromatic heterocycles. The zero-order valence-electron chi connectivity index (χ0n) is 10.1. The Hall–Kier alpha value is -1.92. The standard InChI is InChI=1S/C14H8BrN3O2/c15-9-3-6-7-1-2-8(10(6)9)14(5-17)12(20)18-11(19)13(7,14)4-16/h1-3,6-8,10H,(H,18,19,20)/t6-,7+,8+,10-,13+,14+/m1/s1. The topological polar surface area (TPSA) is 93.8 Å². The van der Waals surface area contributed by atoms with Crippen molar-refractivity contribution in [2.75, 3.05) is 0 Å². The van der Waals surface area contributed by atoms with Crippen LogP contribution in [0.1, 0.15) is 0 Å². The fourth-order valence-electron chi connectivity index (χ4n) is 4.45. The van der Waals surface area contributed by atoms with E-state index in [1.165, 1.54) is 0 Å². The second kappa shape index (κ2) is 3.21. The van der Waals surface area contributed by atoms with E-state index >= 15 is 0 Å². The Balaban J connectivity index is 2.08. The SMILES string of the molecule is N#C[C@]12C(=O)NC(=O)[C@]1(C#N)[C@H]1C=C[C@H]2[C@H]2C=C(Br)[C@H]21. The largest absolute Gasteiger partial charge is 0.293 e. The van der Waals surface area contributed by atoms with Crippen molar-refractivity contribution in [1.29, 1.82) is 10.5 Å². The molecule has 2 amide bonds. The van der Waals surface area contributed by atoms with Gasteiger partial charge in [0, 0.05) is 17.8 Å². The molecule has 5 rings (SSSR count). The molecule has 2 bridgehead atoms. The highest BCUT2D eigenvalue weighted by Crippen LogP contribution is 2.70. The summed E-state index contributed by atoms with van der Waals surface area (Å²) < 4.78 is 0.954. The van der Waals surface area contributed by atoms with E-state index in [4.69, 9.17) is 0 Å². The van der Waals surface area contributed by atoms with E-state index < -0.39 is 34.5 Å². The van der Waals surface area contributed by atoms with Crippen molar-refractivity contribution in [3.8, 4) is 12.1 Å². The smallest absolute Gasteiger partial charge is 0.249 e. The lowest BCUT2D eigenvalue weighted by Gasteiger charge is -2.59. The van der Waals surface area contributed by atoms with Crippen LogP contribution in [0.2, 0.25) is 0 Å². The molecule has 20 heavy (non-hydrogen) atoms. The van der Waals surface area contributed by atoms with Crippen LogP contribution in [-0.4, -0.2) is 11.8 Å². The quantitative estimate of drug-likeness (QED) is 0.530. The van der Waals surface area contributed by atoms with Gasteiger partial charge in [-0.15, -0.1) is 0 Å². The van der Waals surface area contributed by atoms with Crippen LogP contribution >= 0.6 is 15.9 Å². The number of amides is 2. The Kier molecular flexibility index (Phi) is 1.91. The number of hydrogen-bond donors (Lipinski definition) is 1. The molecule has 0 aromatic carbocycles. The van der Waals surface area contributed by atoms with Crippen LogP contribution in [0, 0.1) is 57.2 Å². The number of carbonyl (C=O) groups is 2. The van der Waals surface area contributed by atoms with Crippen LogP contribution in [0.25, 0.3) is 0 Å². The first-order chi connectivity index (χ1) is 9.54. The van der Waals surface area contributed by atoms with Crippen LogP contribution < -0.4 is 5.32 Å². The predicted molar refractivity (Wildman–Crippen MR) is 69.4 cm³/mol. The lowest BCUT2D eigenvalue weighted by atomic mass is 9.39. The minimum Gasteiger partial charge on any atom is -0.293 e. The van der Waals surface area contributed by atoms with Crippen molar-refractivity contribution in [2.45, 2.75) is 0 Å². The molecule has 1 aliphatic heterocycles. The van der Waals surface area contributed by atoms with Gasteiger partial charge in [0.1, 0.15) is 0 Å². The summed E-state index contributed by atoms with van der Waals surface area (Å²) in [6.07, 6.45) is 5.64. The summed E-state index contributed by atoms with van der Waals surface area (Å²) in [5, 5.41) is 21.6. The Morgan fingerprint density at radius 1 is 1.10 bits per heavy atom. The molecular weight excluding hydrogens is 322 g/mol. The average Bonchev–Trinajstić information content (AvgIpc) is 2.67. The Morgan fingerprint density at radius 3 is 2.20 bits per heavy atom. The van der Waals surface area contributed by atoms with Gasteiger partial charge in [-0.05, 0) is 10.4 Å². The molecule has 0 radical (unpaired) electrons. The van der Waals surface area contributed by atoms with Crippen molar-refractivity contribution in [2.24, 2.45) is 34.5 Å². The maximum atomic E-state index is 12.3. The summed E-state index contributed by atoms with van der Waals surface area (Å²) in [5.74, 6) is -2.06. The number of imide groups is 1. The van der Waals surface area contributed by atoms with E-state index in [-0.39, 0.29) is 11.8 Å². The number of halogens is 1. The lowest BCUT2D eigenvalue weighted by molar-refractivity contribution is -0.142. The van der Waals surface area contributed by atoms with Gasteiger partial charge in [0.15, 0.2) is 10.8 Å². The van der Waals surface area contributed by atoms with Crippen LogP contribution in [0.15, 0.2) is 22.7 Å². The lowest BCUT2D eigenvalue weighted by Crippen LogP contribution is -2.64. The van der Waals surface area contributed by atoms with Gasteiger partial charge in [-0.3, -0.25) is 14.9 Å². The highest BCUT2D eigenvalue weighted by atomic mass is 79.9. The van der Waals surface area contributed by atoms with Gasteiger partial charge >= 0.3 is 0 Å². The fraction of sp³-hybridized carbons (Fsp3) is 0.429. The maximum Gasteiger partial charge on any atom is 0.249 e. The number of rotatable bonds is 0. The second-order valence-electron chi connectivity index (χ2n) is 5.71. The summed E-state index contributed by atoms with van der Waals surface area (Å²) in [5.41, 5.74) is -3.20. The second-order valence-corrected chi connectivity index (χ2v) is 6.63. The summed E-state index contributed by atoms with van der Waals surface area (Å²) in [6, 6.07) is 4.06. The number of nitrogens with one attached hydrogen (secondary N) is 1. The average molecular weight is 330 g/mol. The number of hydrogen-bond acceptors (Lipinski definition) is 4. The van der Waals surface area contributed by atoms with Crippen molar-refractivity contribution in [3.63, 3.8) is 0 Å². The molecule has 1 saturated carbocycles. The molecule has 6 heteroatoms. The van der Waals surface area contributed by atoms with Crippen molar-refractivity contribution < 1.29 is 9.59 Å². The first-order valence-electron chi connectivity index (χ1n) is 6.28. The van der Waals surface area contributed by atoms with Gasteiger partial charge in [-0.1, -0.05) is 34.2 Å². The molecular formula is C14H8BrN3O2. The van der Waals surface area contributed by atoms with Gasteiger partial charge in [-0.25, -0.2) is 0 Å². The molecule has 0 unspecified atom stereocenters. The molecule has 5 aliphatic rings. The van der Waals surface area contributed by atoms with Crippen LogP contribution in [-0.2, 0) is 9.59 Å². The first-order valence-corrected chi connectivity index (χ1v) is 7.08. The molecule has 98 valence electrons. The van der Waals surface area contributed by atoms with E-state index in [1.807, 2.05) is 30.4 Å². The van der Waals surface area contributed by atoms with Crippen molar-refractivity contribution in [1.82, 2.24) is 5.32 Å². The molecule has 2 fully saturated rings. The van der Waals surface area contributed by atoms with E-state index in [0.29, 0.717) is 0 Å². The highest BCUT2D eigenvalue weighted by Gasteiger charge is 2.80. The minimum absolute atomic E-state index is 0.0165. The molecule has 0 aromatic rings. The van der Waals surface area contributed by atoms with Gasteiger partial charge in [0.25, 0.3) is 0 Å². The normalized spacial score (nSPS) is 50.2. The van der Waals surface area contributed by atoms with Gasteiger partial charge < -0.3 is 0 Å². The van der Waals surface area contributed by atoms with Gasteiger partial charge in [-0.2, -0.15) is 10.5 Å². The summed E-state index contributed by atoms with van der Waals surface area (Å²) in [4.78, 5) is 24.6. The number of nitriles is 2. The molecule has 1 heterocycles. The van der Waals surface area contributed by atoms with E-state index in [0.717, 1.165) is 4.48 Å². The molecule has 5 nitrogen and oxygen atoms in total. The zero-order chi connectivity index (χ0) is 14.3. The molecule has 1 saturated heterocycles. The molecule has 1 N–H and O–H groups in total. The van der Waals surface area contributed by atoms with Crippen LogP contribution in [0.4, 0.5) is 0 Å². The summed E-state index contributed by atoms with van der Waals surface area (Å²) >= 11 is 3.45. The van der Waals surface area contributed by atoms with E-state index in [9.17, 15) is 20.1 Å². The van der Waals surface area contributed by atoms with Gasteiger partial charge in [0.05, 0.1) is 12.1 Å². The Bertz CT molecular complexity index is 728.